The minimum absolute atomic E-state index is 0.163. The van der Waals surface area contributed by atoms with Crippen LogP contribution in [0.15, 0.2) is 53.0 Å². The van der Waals surface area contributed by atoms with Gasteiger partial charge in [-0.3, -0.25) is 9.59 Å². The lowest BCUT2D eigenvalue weighted by Crippen LogP contribution is -2.29. The summed E-state index contributed by atoms with van der Waals surface area (Å²) < 4.78 is 6.26. The van der Waals surface area contributed by atoms with Crippen LogP contribution in [0.2, 0.25) is 0 Å². The molecule has 160 valence electrons. The first-order valence-corrected chi connectivity index (χ1v) is 10.4. The van der Waals surface area contributed by atoms with Gasteiger partial charge in [0, 0.05) is 21.8 Å². The molecule has 0 saturated carbocycles. The van der Waals surface area contributed by atoms with Crippen molar-refractivity contribution in [3.63, 3.8) is 0 Å². The molecule has 3 rings (SSSR count). The summed E-state index contributed by atoms with van der Waals surface area (Å²) in [5.41, 5.74) is 3.01. The van der Waals surface area contributed by atoms with Crippen LogP contribution in [0.5, 0.6) is 5.75 Å². The number of carbonyl (C=O) groups is 2. The van der Waals surface area contributed by atoms with Crippen molar-refractivity contribution in [2.24, 2.45) is 0 Å². The molecule has 7 heteroatoms. The van der Waals surface area contributed by atoms with E-state index in [2.05, 4.69) is 45.3 Å². The molecule has 0 unspecified atom stereocenters. The smallest absolute Gasteiger partial charge is 0.290 e. The van der Waals surface area contributed by atoms with Gasteiger partial charge in [-0.05, 0) is 80.9 Å². The van der Waals surface area contributed by atoms with E-state index in [9.17, 15) is 4.79 Å². The van der Waals surface area contributed by atoms with Crippen molar-refractivity contribution < 1.29 is 19.4 Å². The summed E-state index contributed by atoms with van der Waals surface area (Å²) in [6.07, 6.45) is 5.67. The number of methoxy groups -OCH3 is 1. The summed E-state index contributed by atoms with van der Waals surface area (Å²) in [5, 5.41) is 9.80. The minimum Gasteiger partial charge on any atom is -0.496 e. The summed E-state index contributed by atoms with van der Waals surface area (Å²) >= 11 is 3.44. The number of piperidine rings is 1. The van der Waals surface area contributed by atoms with Crippen LogP contribution in [0.3, 0.4) is 0 Å². The summed E-state index contributed by atoms with van der Waals surface area (Å²) in [6.45, 7) is 2.04. The molecule has 2 N–H and O–H groups in total. The zero-order valence-electron chi connectivity index (χ0n) is 17.2. The molecule has 0 spiro atoms. The number of rotatable bonds is 5. The molecule has 0 atom stereocenters. The average Bonchev–Trinajstić information content (AvgIpc) is 2.74. The first kappa shape index (κ1) is 23.6. The van der Waals surface area contributed by atoms with Crippen molar-refractivity contribution in [3.05, 3.63) is 64.1 Å². The highest BCUT2D eigenvalue weighted by atomic mass is 79.9. The third kappa shape index (κ3) is 7.31. The Morgan fingerprint density at radius 2 is 1.83 bits per heavy atom. The van der Waals surface area contributed by atoms with Gasteiger partial charge in [0.2, 0.25) is 5.91 Å². The fourth-order valence-electron chi connectivity index (χ4n) is 3.37. The SMILES string of the molecule is COc1ccc(Br)cc1/C=C/C(=O)Nc1ccc(C2CCN(C)CC2)cc1.O=CO. The average molecular weight is 475 g/mol. The second-order valence-corrected chi connectivity index (χ2v) is 7.93. The second kappa shape index (κ2) is 12.1. The van der Waals surface area contributed by atoms with Gasteiger partial charge in [0.05, 0.1) is 7.11 Å². The fourth-order valence-corrected chi connectivity index (χ4v) is 3.74. The highest BCUT2D eigenvalue weighted by Gasteiger charge is 2.18. The Morgan fingerprint density at radius 1 is 1.20 bits per heavy atom. The third-order valence-electron chi connectivity index (χ3n) is 4.97. The van der Waals surface area contributed by atoms with Crippen LogP contribution in [0.25, 0.3) is 6.08 Å². The number of nitrogens with one attached hydrogen (secondary N) is 1. The molecule has 30 heavy (non-hydrogen) atoms. The second-order valence-electron chi connectivity index (χ2n) is 7.01. The third-order valence-corrected chi connectivity index (χ3v) is 5.47. The number of halogens is 1. The van der Waals surface area contributed by atoms with Gasteiger partial charge in [0.15, 0.2) is 0 Å². The molecular formula is C23H27BrN2O4. The number of ether oxygens (including phenoxy) is 1. The molecule has 0 aromatic heterocycles. The van der Waals surface area contributed by atoms with Gasteiger partial charge in [-0.2, -0.15) is 0 Å². The molecule has 2 aromatic rings. The van der Waals surface area contributed by atoms with E-state index in [0.717, 1.165) is 34.6 Å². The van der Waals surface area contributed by atoms with E-state index >= 15 is 0 Å². The first-order valence-electron chi connectivity index (χ1n) is 9.65. The number of nitrogens with zero attached hydrogens (tertiary/aromatic N) is 1. The molecule has 1 fully saturated rings. The number of benzene rings is 2. The number of hydrogen-bond donors (Lipinski definition) is 2. The Labute approximate surface area is 185 Å². The van der Waals surface area contributed by atoms with Crippen LogP contribution < -0.4 is 10.1 Å². The predicted octanol–water partition coefficient (Wildman–Crippen LogP) is 4.62. The molecule has 0 bridgehead atoms. The van der Waals surface area contributed by atoms with Crippen LogP contribution in [-0.2, 0) is 9.59 Å². The molecule has 6 nitrogen and oxygen atoms in total. The van der Waals surface area contributed by atoms with Crippen LogP contribution >= 0.6 is 15.9 Å². The topological polar surface area (TPSA) is 78.9 Å². The highest BCUT2D eigenvalue weighted by molar-refractivity contribution is 9.10. The number of hydrogen-bond acceptors (Lipinski definition) is 4. The van der Waals surface area contributed by atoms with Crippen molar-refractivity contribution in [2.45, 2.75) is 18.8 Å². The Balaban J connectivity index is 0.00000101. The van der Waals surface area contributed by atoms with Gasteiger partial charge in [-0.25, -0.2) is 0 Å². The van der Waals surface area contributed by atoms with E-state index in [1.165, 1.54) is 24.5 Å². The number of amides is 1. The minimum atomic E-state index is -0.250. The molecule has 2 aromatic carbocycles. The van der Waals surface area contributed by atoms with E-state index in [1.54, 1.807) is 13.2 Å². The van der Waals surface area contributed by atoms with Gasteiger partial charge in [-0.1, -0.05) is 28.1 Å². The Hall–Kier alpha value is -2.64. The Kier molecular flexibility index (Phi) is 9.57. The number of carbonyl (C=O) groups excluding carboxylic acids is 1. The van der Waals surface area contributed by atoms with E-state index in [0.29, 0.717) is 5.92 Å². The first-order chi connectivity index (χ1) is 14.5. The summed E-state index contributed by atoms with van der Waals surface area (Å²) in [5.74, 6) is 1.18. The van der Waals surface area contributed by atoms with Crippen molar-refractivity contribution in [2.75, 3.05) is 32.6 Å². The van der Waals surface area contributed by atoms with Gasteiger partial charge in [0.25, 0.3) is 6.47 Å². The van der Waals surface area contributed by atoms with Crippen LogP contribution in [0, 0.1) is 0 Å². The lowest BCUT2D eigenvalue weighted by molar-refractivity contribution is -0.122. The maximum absolute atomic E-state index is 12.2. The number of likely N-dealkylation sites (tertiary alicyclic amines) is 1. The van der Waals surface area contributed by atoms with Crippen molar-refractivity contribution in [1.82, 2.24) is 4.90 Å². The summed E-state index contributed by atoms with van der Waals surface area (Å²) in [4.78, 5) is 23.0. The fraction of sp³-hybridized carbons (Fsp3) is 0.304. The van der Waals surface area contributed by atoms with E-state index in [4.69, 9.17) is 14.6 Å². The summed E-state index contributed by atoms with van der Waals surface area (Å²) in [7, 11) is 3.79. The van der Waals surface area contributed by atoms with E-state index in [-0.39, 0.29) is 12.4 Å². The molecule has 1 saturated heterocycles. The maximum atomic E-state index is 12.2. The van der Waals surface area contributed by atoms with E-state index < -0.39 is 0 Å². The van der Waals surface area contributed by atoms with Crippen molar-refractivity contribution in [3.8, 4) is 5.75 Å². The molecular weight excluding hydrogens is 448 g/mol. The molecule has 1 aliphatic heterocycles. The van der Waals surface area contributed by atoms with Gasteiger partial charge >= 0.3 is 0 Å². The van der Waals surface area contributed by atoms with E-state index in [1.807, 2.05) is 30.3 Å². The maximum Gasteiger partial charge on any atom is 0.290 e. The highest BCUT2D eigenvalue weighted by Crippen LogP contribution is 2.28. The normalized spacial score (nSPS) is 14.6. The zero-order valence-corrected chi connectivity index (χ0v) is 18.8. The molecule has 1 amide bonds. The Morgan fingerprint density at radius 3 is 2.43 bits per heavy atom. The largest absolute Gasteiger partial charge is 0.496 e. The van der Waals surface area contributed by atoms with Crippen molar-refractivity contribution >= 4 is 40.1 Å². The van der Waals surface area contributed by atoms with Crippen LogP contribution in [0.1, 0.15) is 29.9 Å². The standard InChI is InChI=1S/C22H25BrN2O2.CH2O2/c1-25-13-11-17(12-14-25)16-3-7-20(8-4-16)24-22(26)10-5-18-15-19(23)6-9-21(18)27-2;2-1-3/h3-10,15,17H,11-14H2,1-2H3,(H,24,26);1H,(H,2,3)/b10-5+;. The zero-order chi connectivity index (χ0) is 21.9. The Bertz CT molecular complexity index is 860. The molecule has 0 radical (unpaired) electrons. The summed E-state index contributed by atoms with van der Waals surface area (Å²) in [6, 6.07) is 13.9. The van der Waals surface area contributed by atoms with Crippen LogP contribution in [0.4, 0.5) is 5.69 Å². The molecule has 0 aliphatic carbocycles. The van der Waals surface area contributed by atoms with Crippen molar-refractivity contribution in [1.29, 1.82) is 0 Å². The van der Waals surface area contributed by atoms with Gasteiger partial charge in [-0.15, -0.1) is 0 Å². The monoisotopic (exact) mass is 474 g/mol. The molecule has 1 heterocycles. The van der Waals surface area contributed by atoms with Gasteiger partial charge < -0.3 is 20.1 Å². The predicted molar refractivity (Wildman–Crippen MR) is 123 cm³/mol. The van der Waals surface area contributed by atoms with Gasteiger partial charge in [0.1, 0.15) is 5.75 Å². The lowest BCUT2D eigenvalue weighted by atomic mass is 9.89. The van der Waals surface area contributed by atoms with Crippen LogP contribution in [-0.4, -0.2) is 49.6 Å². The quantitative estimate of drug-likeness (QED) is 0.488. The lowest BCUT2D eigenvalue weighted by Gasteiger charge is -2.29. The number of carboxylic acid groups (broad SMARTS) is 1. The molecule has 1 aliphatic rings. The number of anilines is 1.